The topological polar surface area (TPSA) is 74.9 Å². The predicted molar refractivity (Wildman–Crippen MR) is 89.6 cm³/mol. The van der Waals surface area contributed by atoms with Crippen molar-refractivity contribution in [2.24, 2.45) is 0 Å². The summed E-state index contributed by atoms with van der Waals surface area (Å²) in [5.74, 6) is -0.313. The van der Waals surface area contributed by atoms with Crippen molar-refractivity contribution in [3.05, 3.63) is 53.8 Å². The summed E-state index contributed by atoms with van der Waals surface area (Å²) in [5, 5.41) is 17.1. The fourth-order valence-electron chi connectivity index (χ4n) is 2.69. The molecule has 0 atom stereocenters. The van der Waals surface area contributed by atoms with E-state index in [1.807, 2.05) is 18.2 Å². The predicted octanol–water partition coefficient (Wildman–Crippen LogP) is 4.29. The first-order valence-electron chi connectivity index (χ1n) is 7.41. The maximum absolute atomic E-state index is 13.7. The van der Waals surface area contributed by atoms with Crippen LogP contribution in [0.3, 0.4) is 0 Å². The molecule has 0 amide bonds. The molecule has 0 saturated heterocycles. The summed E-state index contributed by atoms with van der Waals surface area (Å²) in [6.07, 6.45) is 0. The second-order valence-electron chi connectivity index (χ2n) is 5.76. The SMILES string of the molecule is CC(C)c1ccccc1-c1cc(-c2c(O)ccc(F)c2N)[nH]n1. The van der Waals surface area contributed by atoms with Crippen LogP contribution in [0.25, 0.3) is 22.5 Å². The number of phenols is 1. The number of H-pyrrole nitrogens is 1. The molecule has 0 fully saturated rings. The van der Waals surface area contributed by atoms with E-state index in [-0.39, 0.29) is 17.0 Å². The Morgan fingerprint density at radius 3 is 2.65 bits per heavy atom. The first kappa shape index (κ1) is 15.1. The van der Waals surface area contributed by atoms with Crippen LogP contribution in [-0.2, 0) is 0 Å². The summed E-state index contributed by atoms with van der Waals surface area (Å²) in [6, 6.07) is 12.2. The Hall–Kier alpha value is -2.82. The average molecular weight is 311 g/mol. The van der Waals surface area contributed by atoms with Gasteiger partial charge in [-0.3, -0.25) is 5.10 Å². The third-order valence-electron chi connectivity index (χ3n) is 3.88. The zero-order chi connectivity index (χ0) is 16.6. The average Bonchev–Trinajstić information content (AvgIpc) is 3.01. The molecule has 0 aliphatic rings. The standard InChI is InChI=1S/C18H18FN3O/c1-10(2)11-5-3-4-6-12(11)14-9-15(22-21-14)17-16(23)8-7-13(19)18(17)20/h3-10,23H,20H2,1-2H3,(H,21,22). The molecule has 0 aliphatic heterocycles. The summed E-state index contributed by atoms with van der Waals surface area (Å²) in [5.41, 5.74) is 9.26. The Morgan fingerprint density at radius 1 is 1.17 bits per heavy atom. The summed E-state index contributed by atoms with van der Waals surface area (Å²) in [4.78, 5) is 0. The molecular weight excluding hydrogens is 293 g/mol. The van der Waals surface area contributed by atoms with E-state index < -0.39 is 5.82 Å². The zero-order valence-electron chi connectivity index (χ0n) is 13.0. The largest absolute Gasteiger partial charge is 0.507 e. The van der Waals surface area contributed by atoms with Crippen LogP contribution in [0.2, 0.25) is 0 Å². The minimum absolute atomic E-state index is 0.0868. The van der Waals surface area contributed by atoms with Crippen molar-refractivity contribution >= 4 is 5.69 Å². The van der Waals surface area contributed by atoms with E-state index in [9.17, 15) is 9.50 Å². The fraction of sp³-hybridized carbons (Fsp3) is 0.167. The molecule has 3 aromatic rings. The lowest BCUT2D eigenvalue weighted by Gasteiger charge is -2.10. The lowest BCUT2D eigenvalue weighted by atomic mass is 9.95. The zero-order valence-corrected chi connectivity index (χ0v) is 13.0. The quantitative estimate of drug-likeness (QED) is 0.631. The fourth-order valence-corrected chi connectivity index (χ4v) is 2.69. The van der Waals surface area contributed by atoms with Gasteiger partial charge in [-0.15, -0.1) is 0 Å². The van der Waals surface area contributed by atoms with Crippen molar-refractivity contribution in [1.29, 1.82) is 0 Å². The molecule has 2 aromatic carbocycles. The Kier molecular flexibility index (Phi) is 3.78. The van der Waals surface area contributed by atoms with Gasteiger partial charge in [0, 0.05) is 5.56 Å². The number of nitrogen functional groups attached to an aromatic ring is 1. The highest BCUT2D eigenvalue weighted by molar-refractivity contribution is 5.82. The molecule has 4 N–H and O–H groups in total. The van der Waals surface area contributed by atoms with Crippen molar-refractivity contribution in [2.45, 2.75) is 19.8 Å². The highest BCUT2D eigenvalue weighted by atomic mass is 19.1. The molecular formula is C18H18FN3O. The Labute approximate surface area is 133 Å². The number of anilines is 1. The molecule has 5 heteroatoms. The Balaban J connectivity index is 2.11. The van der Waals surface area contributed by atoms with Crippen LogP contribution in [0, 0.1) is 5.82 Å². The van der Waals surface area contributed by atoms with Crippen molar-refractivity contribution in [3.8, 4) is 28.3 Å². The number of hydrogen-bond donors (Lipinski definition) is 3. The normalized spacial score (nSPS) is 11.1. The second kappa shape index (κ2) is 5.76. The van der Waals surface area contributed by atoms with Gasteiger partial charge in [-0.2, -0.15) is 5.10 Å². The summed E-state index contributed by atoms with van der Waals surface area (Å²) in [6.45, 7) is 4.23. The third kappa shape index (κ3) is 2.65. The van der Waals surface area contributed by atoms with Crippen molar-refractivity contribution < 1.29 is 9.50 Å². The first-order valence-corrected chi connectivity index (χ1v) is 7.41. The van der Waals surface area contributed by atoms with E-state index in [4.69, 9.17) is 5.73 Å². The minimum atomic E-state index is -0.573. The molecule has 4 nitrogen and oxygen atoms in total. The molecule has 0 saturated carbocycles. The van der Waals surface area contributed by atoms with Gasteiger partial charge < -0.3 is 10.8 Å². The van der Waals surface area contributed by atoms with Crippen LogP contribution < -0.4 is 5.73 Å². The lowest BCUT2D eigenvalue weighted by Crippen LogP contribution is -1.95. The minimum Gasteiger partial charge on any atom is -0.507 e. The number of rotatable bonds is 3. The number of hydrogen-bond acceptors (Lipinski definition) is 3. The molecule has 1 aromatic heterocycles. The van der Waals surface area contributed by atoms with Crippen LogP contribution >= 0.6 is 0 Å². The number of halogens is 1. The van der Waals surface area contributed by atoms with Gasteiger partial charge >= 0.3 is 0 Å². The van der Waals surface area contributed by atoms with Crippen molar-refractivity contribution in [3.63, 3.8) is 0 Å². The number of aromatic amines is 1. The van der Waals surface area contributed by atoms with Gasteiger partial charge in [0.25, 0.3) is 0 Å². The molecule has 23 heavy (non-hydrogen) atoms. The summed E-state index contributed by atoms with van der Waals surface area (Å²) < 4.78 is 13.7. The summed E-state index contributed by atoms with van der Waals surface area (Å²) in [7, 11) is 0. The van der Waals surface area contributed by atoms with Crippen LogP contribution in [0.5, 0.6) is 5.75 Å². The third-order valence-corrected chi connectivity index (χ3v) is 3.88. The number of aromatic nitrogens is 2. The summed E-state index contributed by atoms with van der Waals surface area (Å²) >= 11 is 0. The number of nitrogens with zero attached hydrogens (tertiary/aromatic N) is 1. The van der Waals surface area contributed by atoms with Gasteiger partial charge in [-0.05, 0) is 29.7 Å². The highest BCUT2D eigenvalue weighted by Gasteiger charge is 2.17. The van der Waals surface area contributed by atoms with E-state index in [0.29, 0.717) is 11.6 Å². The molecule has 1 heterocycles. The van der Waals surface area contributed by atoms with E-state index in [0.717, 1.165) is 17.3 Å². The monoisotopic (exact) mass is 311 g/mol. The van der Waals surface area contributed by atoms with Gasteiger partial charge in [-0.1, -0.05) is 38.1 Å². The Morgan fingerprint density at radius 2 is 1.91 bits per heavy atom. The Bertz CT molecular complexity index is 855. The molecule has 0 spiro atoms. The second-order valence-corrected chi connectivity index (χ2v) is 5.76. The van der Waals surface area contributed by atoms with E-state index in [2.05, 4.69) is 30.1 Å². The molecule has 0 unspecified atom stereocenters. The number of benzene rings is 2. The van der Waals surface area contributed by atoms with Gasteiger partial charge in [-0.25, -0.2) is 4.39 Å². The van der Waals surface area contributed by atoms with Crippen LogP contribution in [0.1, 0.15) is 25.3 Å². The maximum Gasteiger partial charge on any atom is 0.147 e. The maximum atomic E-state index is 13.7. The van der Waals surface area contributed by atoms with Crippen LogP contribution in [-0.4, -0.2) is 15.3 Å². The van der Waals surface area contributed by atoms with Gasteiger partial charge in [0.15, 0.2) is 0 Å². The molecule has 0 bridgehead atoms. The number of nitrogens with one attached hydrogen (secondary N) is 1. The molecule has 0 radical (unpaired) electrons. The van der Waals surface area contributed by atoms with Gasteiger partial charge in [0.05, 0.1) is 22.6 Å². The van der Waals surface area contributed by atoms with Crippen molar-refractivity contribution in [2.75, 3.05) is 5.73 Å². The highest BCUT2D eigenvalue weighted by Crippen LogP contribution is 2.37. The van der Waals surface area contributed by atoms with E-state index in [1.54, 1.807) is 6.07 Å². The van der Waals surface area contributed by atoms with Crippen LogP contribution in [0.15, 0.2) is 42.5 Å². The number of aromatic hydroxyl groups is 1. The van der Waals surface area contributed by atoms with Crippen molar-refractivity contribution in [1.82, 2.24) is 10.2 Å². The molecule has 3 rings (SSSR count). The number of nitrogens with two attached hydrogens (primary N) is 1. The smallest absolute Gasteiger partial charge is 0.147 e. The molecule has 118 valence electrons. The van der Waals surface area contributed by atoms with Crippen LogP contribution in [0.4, 0.5) is 10.1 Å². The molecule has 0 aliphatic carbocycles. The number of phenolic OH excluding ortho intramolecular Hbond substituents is 1. The van der Waals surface area contributed by atoms with E-state index in [1.165, 1.54) is 11.6 Å². The lowest BCUT2D eigenvalue weighted by molar-refractivity contribution is 0.475. The van der Waals surface area contributed by atoms with E-state index >= 15 is 0 Å². The van der Waals surface area contributed by atoms with Gasteiger partial charge in [0.2, 0.25) is 0 Å². The van der Waals surface area contributed by atoms with Gasteiger partial charge in [0.1, 0.15) is 11.6 Å². The first-order chi connectivity index (χ1) is 11.0.